The van der Waals surface area contributed by atoms with Crippen LogP contribution in [-0.2, 0) is 4.74 Å². The first kappa shape index (κ1) is 14.8. The Morgan fingerprint density at radius 3 is 2.80 bits per heavy atom. The monoisotopic (exact) mass is 310 g/mol. The second-order valence-electron chi connectivity index (χ2n) is 4.06. The summed E-state index contributed by atoms with van der Waals surface area (Å²) < 4.78 is 5.38. The summed E-state index contributed by atoms with van der Waals surface area (Å²) in [6.45, 7) is 0.345. The van der Waals surface area contributed by atoms with Gasteiger partial charge in [0.25, 0.3) is 0 Å². The minimum absolute atomic E-state index is 0.262. The van der Waals surface area contributed by atoms with E-state index in [0.717, 1.165) is 10.6 Å². The molecule has 0 spiro atoms. The van der Waals surface area contributed by atoms with Crippen LogP contribution >= 0.6 is 22.9 Å². The van der Waals surface area contributed by atoms with Gasteiger partial charge in [-0.2, -0.15) is 0 Å². The van der Waals surface area contributed by atoms with Gasteiger partial charge in [-0.3, -0.25) is 5.32 Å². The number of ether oxygens (including phenoxy) is 1. The number of carbonyl (C=O) groups is 1. The zero-order valence-corrected chi connectivity index (χ0v) is 12.5. The van der Waals surface area contributed by atoms with Gasteiger partial charge in [0.1, 0.15) is 6.10 Å². The standard InChI is InChI=1S/C14H15ClN2O2S/c1-19-12(10-5-2-3-6-11(10)15)9-16-14(18)17-13-7-4-8-20-13/h2-8,12H,9H2,1H3,(H2,16,17,18). The minimum Gasteiger partial charge on any atom is -0.375 e. The molecule has 6 heteroatoms. The summed E-state index contributed by atoms with van der Waals surface area (Å²) in [7, 11) is 1.59. The molecule has 0 aliphatic carbocycles. The third kappa shape index (κ3) is 3.96. The molecule has 4 nitrogen and oxygen atoms in total. The number of carbonyl (C=O) groups excluding carboxylic acids is 1. The molecular weight excluding hydrogens is 296 g/mol. The maximum atomic E-state index is 11.7. The largest absolute Gasteiger partial charge is 0.375 e. The van der Waals surface area contributed by atoms with Gasteiger partial charge in [0, 0.05) is 24.2 Å². The number of methoxy groups -OCH3 is 1. The molecule has 0 saturated carbocycles. The maximum absolute atomic E-state index is 11.7. The van der Waals surface area contributed by atoms with Gasteiger partial charge < -0.3 is 10.1 Å². The van der Waals surface area contributed by atoms with Crippen molar-refractivity contribution in [2.45, 2.75) is 6.10 Å². The zero-order valence-electron chi connectivity index (χ0n) is 10.9. The van der Waals surface area contributed by atoms with Gasteiger partial charge in [0.05, 0.1) is 5.00 Å². The Bertz CT molecular complexity index is 560. The molecule has 2 aromatic rings. The second-order valence-corrected chi connectivity index (χ2v) is 5.41. The van der Waals surface area contributed by atoms with Crippen molar-refractivity contribution in [3.05, 3.63) is 52.4 Å². The van der Waals surface area contributed by atoms with Crippen molar-refractivity contribution >= 4 is 34.0 Å². The molecule has 0 bridgehead atoms. The predicted molar refractivity (Wildman–Crippen MR) is 82.5 cm³/mol. The smallest absolute Gasteiger partial charge is 0.319 e. The SMILES string of the molecule is COC(CNC(=O)Nc1cccs1)c1ccccc1Cl. The van der Waals surface area contributed by atoms with Crippen LogP contribution in [0, 0.1) is 0 Å². The molecule has 0 aliphatic rings. The summed E-state index contributed by atoms with van der Waals surface area (Å²) in [6, 6.07) is 10.9. The average Bonchev–Trinajstić information content (AvgIpc) is 2.94. The molecular formula is C14H15ClN2O2S. The quantitative estimate of drug-likeness (QED) is 0.879. The Balaban J connectivity index is 1.91. The van der Waals surface area contributed by atoms with Crippen molar-refractivity contribution in [2.75, 3.05) is 19.0 Å². The highest BCUT2D eigenvalue weighted by molar-refractivity contribution is 7.14. The maximum Gasteiger partial charge on any atom is 0.319 e. The Hall–Kier alpha value is -1.56. The van der Waals surface area contributed by atoms with Gasteiger partial charge in [0.15, 0.2) is 0 Å². The average molecular weight is 311 g/mol. The number of urea groups is 1. The Morgan fingerprint density at radius 2 is 2.15 bits per heavy atom. The molecule has 0 radical (unpaired) electrons. The fraction of sp³-hybridized carbons (Fsp3) is 0.214. The summed E-state index contributed by atoms with van der Waals surface area (Å²) in [5, 5.41) is 8.84. The highest BCUT2D eigenvalue weighted by Crippen LogP contribution is 2.24. The summed E-state index contributed by atoms with van der Waals surface area (Å²) in [5.74, 6) is 0. The molecule has 1 atom stereocenters. The van der Waals surface area contributed by atoms with Crippen LogP contribution in [0.2, 0.25) is 5.02 Å². The number of rotatable bonds is 5. The summed E-state index contributed by atoms with van der Waals surface area (Å²) >= 11 is 7.59. The van der Waals surface area contributed by atoms with Crippen molar-refractivity contribution in [2.24, 2.45) is 0 Å². The second kappa shape index (κ2) is 7.28. The number of benzene rings is 1. The van der Waals surface area contributed by atoms with Crippen LogP contribution in [0.5, 0.6) is 0 Å². The highest BCUT2D eigenvalue weighted by Gasteiger charge is 2.14. The van der Waals surface area contributed by atoms with E-state index in [2.05, 4.69) is 10.6 Å². The molecule has 2 rings (SSSR count). The van der Waals surface area contributed by atoms with E-state index in [1.54, 1.807) is 13.2 Å². The molecule has 0 saturated heterocycles. The number of thiophene rings is 1. The number of nitrogens with one attached hydrogen (secondary N) is 2. The van der Waals surface area contributed by atoms with Crippen LogP contribution < -0.4 is 10.6 Å². The topological polar surface area (TPSA) is 50.4 Å². The highest BCUT2D eigenvalue weighted by atomic mass is 35.5. The van der Waals surface area contributed by atoms with Crippen molar-refractivity contribution in [1.29, 1.82) is 0 Å². The molecule has 2 amide bonds. The van der Waals surface area contributed by atoms with Crippen LogP contribution in [0.3, 0.4) is 0 Å². The van der Waals surface area contributed by atoms with Gasteiger partial charge in [-0.15, -0.1) is 11.3 Å². The van der Waals surface area contributed by atoms with Gasteiger partial charge in [-0.25, -0.2) is 4.79 Å². The van der Waals surface area contributed by atoms with Gasteiger partial charge in [-0.05, 0) is 23.6 Å². The predicted octanol–water partition coefficient (Wildman–Crippen LogP) is 3.91. The molecule has 1 aromatic carbocycles. The molecule has 20 heavy (non-hydrogen) atoms. The van der Waals surface area contributed by atoms with E-state index in [9.17, 15) is 4.79 Å². The Morgan fingerprint density at radius 1 is 1.35 bits per heavy atom. The lowest BCUT2D eigenvalue weighted by atomic mass is 10.1. The fourth-order valence-corrected chi connectivity index (χ4v) is 2.62. The number of amides is 2. The molecule has 0 fully saturated rings. The number of hydrogen-bond acceptors (Lipinski definition) is 3. The van der Waals surface area contributed by atoms with Crippen LogP contribution in [0.25, 0.3) is 0 Å². The van der Waals surface area contributed by atoms with Crippen molar-refractivity contribution in [1.82, 2.24) is 5.32 Å². The molecule has 0 aliphatic heterocycles. The molecule has 106 valence electrons. The van der Waals surface area contributed by atoms with E-state index in [1.807, 2.05) is 35.7 Å². The first-order valence-electron chi connectivity index (χ1n) is 6.06. The molecule has 1 heterocycles. The summed E-state index contributed by atoms with van der Waals surface area (Å²) in [4.78, 5) is 11.7. The van der Waals surface area contributed by atoms with Crippen LogP contribution in [-0.4, -0.2) is 19.7 Å². The van der Waals surface area contributed by atoms with Gasteiger partial charge >= 0.3 is 6.03 Å². The normalized spacial score (nSPS) is 11.9. The van der Waals surface area contributed by atoms with E-state index in [0.29, 0.717) is 11.6 Å². The van der Waals surface area contributed by atoms with Gasteiger partial charge in [-0.1, -0.05) is 29.8 Å². The van der Waals surface area contributed by atoms with Crippen LogP contribution in [0.1, 0.15) is 11.7 Å². The summed E-state index contributed by atoms with van der Waals surface area (Å²) in [5.41, 5.74) is 0.855. The third-order valence-corrected chi connectivity index (χ3v) is 3.87. The van der Waals surface area contributed by atoms with E-state index in [-0.39, 0.29) is 12.1 Å². The lowest BCUT2D eigenvalue weighted by molar-refractivity contribution is 0.104. The molecule has 2 N–H and O–H groups in total. The first-order valence-corrected chi connectivity index (χ1v) is 7.32. The number of halogens is 1. The first-order chi connectivity index (χ1) is 9.70. The Labute approximate surface area is 126 Å². The van der Waals surface area contributed by atoms with Crippen LogP contribution in [0.15, 0.2) is 41.8 Å². The lowest BCUT2D eigenvalue weighted by Gasteiger charge is -2.17. The molecule has 1 aromatic heterocycles. The van der Waals surface area contributed by atoms with E-state index < -0.39 is 0 Å². The Kier molecular flexibility index (Phi) is 5.40. The minimum atomic E-state index is -0.280. The third-order valence-electron chi connectivity index (χ3n) is 2.74. The van der Waals surface area contributed by atoms with E-state index in [4.69, 9.17) is 16.3 Å². The van der Waals surface area contributed by atoms with Crippen molar-refractivity contribution in [3.8, 4) is 0 Å². The van der Waals surface area contributed by atoms with Crippen molar-refractivity contribution in [3.63, 3.8) is 0 Å². The van der Waals surface area contributed by atoms with Crippen LogP contribution in [0.4, 0.5) is 9.80 Å². The number of hydrogen-bond donors (Lipinski definition) is 2. The number of anilines is 1. The van der Waals surface area contributed by atoms with Crippen molar-refractivity contribution < 1.29 is 9.53 Å². The zero-order chi connectivity index (χ0) is 14.4. The lowest BCUT2D eigenvalue weighted by Crippen LogP contribution is -2.32. The van der Waals surface area contributed by atoms with Gasteiger partial charge in [0.2, 0.25) is 0 Å². The van der Waals surface area contributed by atoms with E-state index >= 15 is 0 Å². The fourth-order valence-electron chi connectivity index (χ4n) is 1.75. The summed E-state index contributed by atoms with van der Waals surface area (Å²) in [6.07, 6.45) is -0.280. The van der Waals surface area contributed by atoms with E-state index in [1.165, 1.54) is 11.3 Å². The molecule has 1 unspecified atom stereocenters.